The Kier molecular flexibility index (Phi) is 6.77. The Morgan fingerprint density at radius 1 is 0.926 bits per heavy atom. The molecular formula is C21H34N2O4. The summed E-state index contributed by atoms with van der Waals surface area (Å²) in [6, 6.07) is -0.0783. The molecule has 2 amide bonds. The van der Waals surface area contributed by atoms with Crippen LogP contribution >= 0.6 is 0 Å². The highest BCUT2D eigenvalue weighted by Crippen LogP contribution is 2.43. The minimum absolute atomic E-state index is 0.0783. The number of carboxylic acids is 1. The monoisotopic (exact) mass is 378 g/mol. The third kappa shape index (κ3) is 5.02. The van der Waals surface area contributed by atoms with Crippen molar-refractivity contribution in [2.24, 2.45) is 17.8 Å². The van der Waals surface area contributed by atoms with Gasteiger partial charge in [-0.3, -0.25) is 14.4 Å². The van der Waals surface area contributed by atoms with Crippen molar-refractivity contribution in [1.82, 2.24) is 9.80 Å². The zero-order valence-corrected chi connectivity index (χ0v) is 16.6. The minimum Gasteiger partial charge on any atom is -0.480 e. The first-order chi connectivity index (χ1) is 13.0. The standard InChI is InChI=1S/C21H34N2O4/c1-15(24)23(14-20(25)26)19-7-4-11-22(12-10-19)21(27)18-9-8-16-5-2-3-6-17(16)13-18/h16-19H,2-14H2,1H3,(H,25,26). The Hall–Kier alpha value is -1.59. The van der Waals surface area contributed by atoms with Gasteiger partial charge in [-0.1, -0.05) is 25.7 Å². The second-order valence-corrected chi connectivity index (χ2v) is 8.77. The van der Waals surface area contributed by atoms with E-state index in [0.29, 0.717) is 18.9 Å². The lowest BCUT2D eigenvalue weighted by Crippen LogP contribution is -2.44. The molecule has 0 radical (unpaired) electrons. The number of amides is 2. The average molecular weight is 379 g/mol. The summed E-state index contributed by atoms with van der Waals surface area (Å²) in [5.74, 6) is 0.877. The van der Waals surface area contributed by atoms with E-state index >= 15 is 0 Å². The SMILES string of the molecule is CC(=O)N(CC(=O)O)C1CCCN(C(=O)C2CCC3CCCCC3C2)CC1. The summed E-state index contributed by atoms with van der Waals surface area (Å²) in [5.41, 5.74) is 0. The molecule has 6 nitrogen and oxygen atoms in total. The van der Waals surface area contributed by atoms with Crippen molar-refractivity contribution in [3.8, 4) is 0 Å². The summed E-state index contributed by atoms with van der Waals surface area (Å²) >= 11 is 0. The lowest BCUT2D eigenvalue weighted by atomic mass is 9.67. The van der Waals surface area contributed by atoms with Crippen molar-refractivity contribution in [1.29, 1.82) is 0 Å². The molecule has 2 saturated carbocycles. The van der Waals surface area contributed by atoms with Gasteiger partial charge < -0.3 is 14.9 Å². The van der Waals surface area contributed by atoms with Crippen molar-refractivity contribution in [3.05, 3.63) is 0 Å². The van der Waals surface area contributed by atoms with E-state index in [1.54, 1.807) is 0 Å². The van der Waals surface area contributed by atoms with Gasteiger partial charge in [0.05, 0.1) is 0 Å². The molecule has 0 aromatic heterocycles. The summed E-state index contributed by atoms with van der Waals surface area (Å²) in [6.07, 6.45) is 10.9. The Balaban J connectivity index is 1.56. The zero-order valence-electron chi connectivity index (χ0n) is 16.6. The van der Waals surface area contributed by atoms with Gasteiger partial charge in [0.1, 0.15) is 6.54 Å². The molecule has 0 aromatic carbocycles. The van der Waals surface area contributed by atoms with E-state index < -0.39 is 5.97 Å². The lowest BCUT2D eigenvalue weighted by Gasteiger charge is -2.40. The molecule has 4 atom stereocenters. The Bertz CT molecular complexity index is 564. The van der Waals surface area contributed by atoms with Crippen molar-refractivity contribution in [3.63, 3.8) is 0 Å². The molecule has 0 aromatic rings. The van der Waals surface area contributed by atoms with Crippen LogP contribution in [0.25, 0.3) is 0 Å². The van der Waals surface area contributed by atoms with E-state index in [9.17, 15) is 14.4 Å². The van der Waals surface area contributed by atoms with Crippen LogP contribution in [0, 0.1) is 17.8 Å². The van der Waals surface area contributed by atoms with Gasteiger partial charge in [-0.05, 0) is 50.4 Å². The first-order valence-corrected chi connectivity index (χ1v) is 10.7. The smallest absolute Gasteiger partial charge is 0.323 e. The number of aliphatic carboxylic acids is 1. The first-order valence-electron chi connectivity index (χ1n) is 10.7. The van der Waals surface area contributed by atoms with Gasteiger partial charge in [0.15, 0.2) is 0 Å². The van der Waals surface area contributed by atoms with Crippen LogP contribution in [0.4, 0.5) is 0 Å². The average Bonchev–Trinajstić information content (AvgIpc) is 2.91. The van der Waals surface area contributed by atoms with Crippen LogP contribution in [0.1, 0.15) is 71.1 Å². The van der Waals surface area contributed by atoms with Gasteiger partial charge in [0, 0.05) is 32.0 Å². The number of fused-ring (bicyclic) bond motifs is 1. The van der Waals surface area contributed by atoms with E-state index in [-0.39, 0.29) is 24.4 Å². The van der Waals surface area contributed by atoms with Crippen molar-refractivity contribution >= 4 is 17.8 Å². The van der Waals surface area contributed by atoms with Gasteiger partial charge in [-0.15, -0.1) is 0 Å². The fourth-order valence-electron chi connectivity index (χ4n) is 5.61. The highest BCUT2D eigenvalue weighted by molar-refractivity contribution is 5.80. The number of rotatable bonds is 4. The minimum atomic E-state index is -0.980. The predicted octanol–water partition coefficient (Wildman–Crippen LogP) is 2.91. The normalized spacial score (nSPS) is 31.5. The van der Waals surface area contributed by atoms with Crippen molar-refractivity contribution < 1.29 is 19.5 Å². The molecule has 1 N–H and O–H groups in total. The summed E-state index contributed by atoms with van der Waals surface area (Å²) in [5, 5.41) is 9.08. The summed E-state index contributed by atoms with van der Waals surface area (Å²) in [7, 11) is 0. The molecule has 152 valence electrons. The highest BCUT2D eigenvalue weighted by Gasteiger charge is 2.37. The number of hydrogen-bond donors (Lipinski definition) is 1. The maximum Gasteiger partial charge on any atom is 0.323 e. The second-order valence-electron chi connectivity index (χ2n) is 8.77. The predicted molar refractivity (Wildman–Crippen MR) is 102 cm³/mol. The Labute approximate surface area is 162 Å². The van der Waals surface area contributed by atoms with Crippen LogP contribution in [0.5, 0.6) is 0 Å². The lowest BCUT2D eigenvalue weighted by molar-refractivity contribution is -0.145. The molecule has 3 aliphatic rings. The van der Waals surface area contributed by atoms with Gasteiger partial charge in [0.2, 0.25) is 11.8 Å². The number of carbonyl (C=O) groups is 3. The summed E-state index contributed by atoms with van der Waals surface area (Å²) in [4.78, 5) is 39.5. The Morgan fingerprint density at radius 2 is 1.67 bits per heavy atom. The van der Waals surface area contributed by atoms with Gasteiger partial charge in [0.25, 0.3) is 0 Å². The molecule has 27 heavy (non-hydrogen) atoms. The molecule has 3 rings (SSSR count). The number of likely N-dealkylation sites (tertiary alicyclic amines) is 1. The van der Waals surface area contributed by atoms with Crippen molar-refractivity contribution in [2.75, 3.05) is 19.6 Å². The van der Waals surface area contributed by atoms with Crippen LogP contribution in [0.3, 0.4) is 0 Å². The van der Waals surface area contributed by atoms with Crippen molar-refractivity contribution in [2.45, 2.75) is 77.2 Å². The maximum atomic E-state index is 13.1. The molecule has 4 unspecified atom stereocenters. The van der Waals surface area contributed by atoms with Gasteiger partial charge in [-0.25, -0.2) is 0 Å². The molecule has 1 saturated heterocycles. The van der Waals surface area contributed by atoms with E-state index in [1.165, 1.54) is 43.9 Å². The van der Waals surface area contributed by atoms with Gasteiger partial charge >= 0.3 is 5.97 Å². The van der Waals surface area contributed by atoms with Crippen LogP contribution in [-0.2, 0) is 14.4 Å². The number of carboxylic acid groups (broad SMARTS) is 1. The van der Waals surface area contributed by atoms with E-state index in [1.807, 2.05) is 4.90 Å². The van der Waals surface area contributed by atoms with E-state index in [2.05, 4.69) is 0 Å². The molecule has 3 fully saturated rings. The first kappa shape index (κ1) is 20.2. The molecule has 1 heterocycles. The molecule has 2 aliphatic carbocycles. The highest BCUT2D eigenvalue weighted by atomic mass is 16.4. The third-order valence-corrected chi connectivity index (χ3v) is 7.05. The largest absolute Gasteiger partial charge is 0.480 e. The molecule has 0 bridgehead atoms. The Morgan fingerprint density at radius 3 is 2.37 bits per heavy atom. The molecule has 0 spiro atoms. The summed E-state index contributed by atoms with van der Waals surface area (Å²) in [6.45, 7) is 2.55. The fraction of sp³-hybridized carbons (Fsp3) is 0.857. The van der Waals surface area contributed by atoms with Crippen LogP contribution in [-0.4, -0.2) is 58.4 Å². The third-order valence-electron chi connectivity index (χ3n) is 7.05. The van der Waals surface area contributed by atoms with Crippen LogP contribution in [0.2, 0.25) is 0 Å². The zero-order chi connectivity index (χ0) is 19.4. The summed E-state index contributed by atoms with van der Waals surface area (Å²) < 4.78 is 0. The fourth-order valence-corrected chi connectivity index (χ4v) is 5.61. The van der Waals surface area contributed by atoms with E-state index in [0.717, 1.165) is 44.1 Å². The maximum absolute atomic E-state index is 13.1. The van der Waals surface area contributed by atoms with E-state index in [4.69, 9.17) is 5.11 Å². The molecule has 6 heteroatoms. The molecule has 1 aliphatic heterocycles. The number of hydrogen-bond acceptors (Lipinski definition) is 3. The van der Waals surface area contributed by atoms with Crippen LogP contribution < -0.4 is 0 Å². The number of nitrogens with zero attached hydrogens (tertiary/aromatic N) is 2. The topological polar surface area (TPSA) is 77.9 Å². The second kappa shape index (κ2) is 9.07. The van der Waals surface area contributed by atoms with Crippen LogP contribution in [0.15, 0.2) is 0 Å². The molecular weight excluding hydrogens is 344 g/mol. The number of carbonyl (C=O) groups excluding carboxylic acids is 2. The quantitative estimate of drug-likeness (QED) is 0.816. The van der Waals surface area contributed by atoms with Gasteiger partial charge in [-0.2, -0.15) is 0 Å².